The normalized spacial score (nSPS) is 11.3. The molecule has 0 bridgehead atoms. The smallest absolute Gasteiger partial charge is 0.138 e. The van der Waals surface area contributed by atoms with Crippen LogP contribution in [0.1, 0.15) is 0 Å². The van der Waals surface area contributed by atoms with E-state index in [0.717, 1.165) is 50.1 Å². The van der Waals surface area contributed by atoms with Crippen molar-refractivity contribution in [2.45, 2.75) is 0 Å². The Morgan fingerprint density at radius 2 is 0.771 bits per heavy atom. The molecule has 9 rings (SSSR count). The maximum absolute atomic E-state index is 6.71. The minimum Gasteiger partial charge on any atom is -0.456 e. The van der Waals surface area contributed by atoms with Gasteiger partial charge < -0.3 is 9.32 Å². The van der Waals surface area contributed by atoms with E-state index in [4.69, 9.17) is 4.42 Å². The summed E-state index contributed by atoms with van der Waals surface area (Å²) in [5.74, 6) is 0. The van der Waals surface area contributed by atoms with Crippen molar-refractivity contribution in [1.82, 2.24) is 0 Å². The number of rotatable bonds is 6. The molecule has 0 unspecified atom stereocenters. The Hall–Kier alpha value is -6.38. The number of nitrogens with zero attached hydrogens (tertiary/aromatic N) is 1. The molecule has 1 aromatic heterocycles. The van der Waals surface area contributed by atoms with Crippen molar-refractivity contribution < 1.29 is 4.42 Å². The fraction of sp³-hybridized carbons (Fsp3) is 0. The van der Waals surface area contributed by atoms with Crippen LogP contribution in [0.15, 0.2) is 192 Å². The van der Waals surface area contributed by atoms with E-state index in [1.807, 2.05) is 0 Å². The van der Waals surface area contributed by atoms with Crippen LogP contribution in [0.25, 0.3) is 66.1 Å². The van der Waals surface area contributed by atoms with Crippen LogP contribution in [0.4, 0.5) is 17.1 Å². The molecule has 0 radical (unpaired) electrons. The second-order valence-electron chi connectivity index (χ2n) is 12.2. The molecule has 0 saturated heterocycles. The zero-order chi connectivity index (χ0) is 31.9. The highest BCUT2D eigenvalue weighted by Gasteiger charge is 2.22. The van der Waals surface area contributed by atoms with Crippen molar-refractivity contribution in [3.63, 3.8) is 0 Å². The molecule has 0 N–H and O–H groups in total. The van der Waals surface area contributed by atoms with Crippen molar-refractivity contribution in [2.75, 3.05) is 4.90 Å². The fourth-order valence-electron chi connectivity index (χ4n) is 6.84. The van der Waals surface area contributed by atoms with Crippen LogP contribution in [0.2, 0.25) is 0 Å². The summed E-state index contributed by atoms with van der Waals surface area (Å²) in [7, 11) is 0. The molecule has 0 fully saturated rings. The van der Waals surface area contributed by atoms with Crippen molar-refractivity contribution >= 4 is 49.8 Å². The summed E-state index contributed by atoms with van der Waals surface area (Å²) in [5.41, 5.74) is 12.0. The molecular formula is C46H31NO. The summed E-state index contributed by atoms with van der Waals surface area (Å²) in [6, 6.07) is 66.9. The SMILES string of the molecule is c1ccc(-c2ccc(N(c3ccc(-c4ccccc4)cc3)c3cc(-c4ccccc4)cc4oc5cc6ccccc6cc5c34)cc2)cc1. The van der Waals surface area contributed by atoms with Crippen molar-refractivity contribution in [3.05, 3.63) is 188 Å². The third-order valence-electron chi connectivity index (χ3n) is 9.23. The lowest BCUT2D eigenvalue weighted by Gasteiger charge is -2.27. The topological polar surface area (TPSA) is 16.4 Å². The zero-order valence-electron chi connectivity index (χ0n) is 26.3. The molecule has 48 heavy (non-hydrogen) atoms. The number of furan rings is 1. The third kappa shape index (κ3) is 5.01. The minimum atomic E-state index is 0.864. The van der Waals surface area contributed by atoms with E-state index >= 15 is 0 Å². The Labute approximate surface area is 279 Å². The largest absolute Gasteiger partial charge is 0.456 e. The Balaban J connectivity index is 1.31. The van der Waals surface area contributed by atoms with Crippen molar-refractivity contribution in [1.29, 1.82) is 0 Å². The van der Waals surface area contributed by atoms with Gasteiger partial charge in [0.1, 0.15) is 11.2 Å². The lowest BCUT2D eigenvalue weighted by Crippen LogP contribution is -2.10. The predicted molar refractivity (Wildman–Crippen MR) is 202 cm³/mol. The van der Waals surface area contributed by atoms with Crippen LogP contribution in [0, 0.1) is 0 Å². The maximum Gasteiger partial charge on any atom is 0.138 e. The Morgan fingerprint density at radius 3 is 1.29 bits per heavy atom. The van der Waals surface area contributed by atoms with Crippen LogP contribution in [-0.2, 0) is 0 Å². The van der Waals surface area contributed by atoms with Gasteiger partial charge in [0.2, 0.25) is 0 Å². The van der Waals surface area contributed by atoms with Gasteiger partial charge in [0.25, 0.3) is 0 Å². The van der Waals surface area contributed by atoms with Gasteiger partial charge in [0.05, 0.1) is 11.1 Å². The molecular weight excluding hydrogens is 583 g/mol. The second kappa shape index (κ2) is 11.8. The van der Waals surface area contributed by atoms with E-state index in [-0.39, 0.29) is 0 Å². The summed E-state index contributed by atoms with van der Waals surface area (Å²) in [5, 5.41) is 4.55. The monoisotopic (exact) mass is 613 g/mol. The molecule has 0 amide bonds. The fourth-order valence-corrected chi connectivity index (χ4v) is 6.84. The first-order valence-corrected chi connectivity index (χ1v) is 16.3. The van der Waals surface area contributed by atoms with Crippen LogP contribution < -0.4 is 4.90 Å². The highest BCUT2D eigenvalue weighted by atomic mass is 16.3. The van der Waals surface area contributed by atoms with Gasteiger partial charge in [-0.2, -0.15) is 0 Å². The number of hydrogen-bond donors (Lipinski definition) is 0. The van der Waals surface area contributed by atoms with Gasteiger partial charge in [-0.15, -0.1) is 0 Å². The maximum atomic E-state index is 6.71. The molecule has 0 aliphatic carbocycles. The summed E-state index contributed by atoms with van der Waals surface area (Å²) in [6.07, 6.45) is 0. The molecule has 2 nitrogen and oxygen atoms in total. The number of fused-ring (bicyclic) bond motifs is 4. The highest BCUT2D eigenvalue weighted by molar-refractivity contribution is 6.17. The lowest BCUT2D eigenvalue weighted by atomic mass is 9.98. The van der Waals surface area contributed by atoms with E-state index in [0.29, 0.717) is 0 Å². The lowest BCUT2D eigenvalue weighted by molar-refractivity contribution is 0.669. The molecule has 0 spiro atoms. The van der Waals surface area contributed by atoms with Gasteiger partial charge >= 0.3 is 0 Å². The zero-order valence-corrected chi connectivity index (χ0v) is 26.3. The average Bonchev–Trinajstić information content (AvgIpc) is 3.53. The Bertz CT molecular complexity index is 2430. The van der Waals surface area contributed by atoms with E-state index in [1.165, 1.54) is 33.0 Å². The van der Waals surface area contributed by atoms with Gasteiger partial charge in [-0.25, -0.2) is 0 Å². The van der Waals surface area contributed by atoms with E-state index < -0.39 is 0 Å². The molecule has 0 atom stereocenters. The molecule has 0 saturated carbocycles. The van der Waals surface area contributed by atoms with E-state index in [9.17, 15) is 0 Å². The predicted octanol–water partition coefficient (Wildman–Crippen LogP) is 13.2. The molecule has 9 aromatic rings. The summed E-state index contributed by atoms with van der Waals surface area (Å²) in [4.78, 5) is 2.38. The number of anilines is 3. The van der Waals surface area contributed by atoms with Gasteiger partial charge in [0, 0.05) is 16.8 Å². The van der Waals surface area contributed by atoms with Gasteiger partial charge in [-0.1, -0.05) is 140 Å². The van der Waals surface area contributed by atoms with Crippen molar-refractivity contribution in [3.8, 4) is 33.4 Å². The van der Waals surface area contributed by atoms with E-state index in [1.54, 1.807) is 0 Å². The van der Waals surface area contributed by atoms with Crippen LogP contribution in [0.3, 0.4) is 0 Å². The van der Waals surface area contributed by atoms with E-state index in [2.05, 4.69) is 193 Å². The standard InChI is InChI=1S/C46H31NO/c1-4-12-32(13-5-1)35-20-24-40(25-21-35)47(41-26-22-36(23-27-41)33-14-6-2-7-15-33)43-29-39(34-16-8-3-9-17-34)31-45-46(43)42-28-37-18-10-11-19-38(37)30-44(42)48-45/h1-31H. The Kier molecular flexibility index (Phi) is 6.84. The molecule has 2 heteroatoms. The van der Waals surface area contributed by atoms with Crippen LogP contribution in [0.5, 0.6) is 0 Å². The first kappa shape index (κ1) is 27.9. The number of benzene rings is 8. The first-order chi connectivity index (χ1) is 23.8. The molecule has 1 heterocycles. The number of hydrogen-bond acceptors (Lipinski definition) is 2. The van der Waals surface area contributed by atoms with Gasteiger partial charge in [-0.3, -0.25) is 0 Å². The molecule has 8 aromatic carbocycles. The average molecular weight is 614 g/mol. The van der Waals surface area contributed by atoms with Crippen molar-refractivity contribution in [2.24, 2.45) is 0 Å². The molecule has 0 aliphatic heterocycles. The Morgan fingerprint density at radius 1 is 0.333 bits per heavy atom. The highest BCUT2D eigenvalue weighted by Crippen LogP contribution is 2.46. The second-order valence-corrected chi connectivity index (χ2v) is 12.2. The third-order valence-corrected chi connectivity index (χ3v) is 9.23. The minimum absolute atomic E-state index is 0.864. The quantitative estimate of drug-likeness (QED) is 0.185. The molecule has 0 aliphatic rings. The summed E-state index contributed by atoms with van der Waals surface area (Å²) >= 11 is 0. The summed E-state index contributed by atoms with van der Waals surface area (Å²) < 4.78 is 6.71. The van der Waals surface area contributed by atoms with Gasteiger partial charge in [-0.05, 0) is 92.7 Å². The first-order valence-electron chi connectivity index (χ1n) is 16.3. The van der Waals surface area contributed by atoms with Crippen LogP contribution >= 0.6 is 0 Å². The summed E-state index contributed by atoms with van der Waals surface area (Å²) in [6.45, 7) is 0. The van der Waals surface area contributed by atoms with Gasteiger partial charge in [0.15, 0.2) is 0 Å². The molecule has 226 valence electrons. The van der Waals surface area contributed by atoms with Crippen LogP contribution in [-0.4, -0.2) is 0 Å².